The molecule has 0 rings (SSSR count). The third-order valence-electron chi connectivity index (χ3n) is 1.36. The van der Waals surface area contributed by atoms with Gasteiger partial charge >= 0.3 is 0 Å². The second-order valence-electron chi connectivity index (χ2n) is 2.46. The Bertz CT molecular complexity index is 96.5. The quantitative estimate of drug-likeness (QED) is 0.458. The first-order valence-electron chi connectivity index (χ1n) is 4.30. The van der Waals surface area contributed by atoms with E-state index in [2.05, 4.69) is 18.2 Å². The summed E-state index contributed by atoms with van der Waals surface area (Å²) >= 11 is 3.85. The molecule has 0 fully saturated rings. The predicted molar refractivity (Wildman–Crippen MR) is 63.4 cm³/mol. The minimum Gasteiger partial charge on any atom is -0.316 e. The van der Waals surface area contributed by atoms with Crippen molar-refractivity contribution in [2.45, 2.75) is 6.42 Å². The van der Waals surface area contributed by atoms with Crippen molar-refractivity contribution in [3.8, 4) is 0 Å². The van der Waals surface area contributed by atoms with Crippen molar-refractivity contribution in [3.05, 3.63) is 12.7 Å². The fourth-order valence-electron chi connectivity index (χ4n) is 0.778. The van der Waals surface area contributed by atoms with E-state index < -0.39 is 0 Å². The molecule has 0 unspecified atom stereocenters. The van der Waals surface area contributed by atoms with E-state index in [1.807, 2.05) is 29.6 Å². The molecule has 0 aliphatic heterocycles. The zero-order valence-corrected chi connectivity index (χ0v) is 9.48. The van der Waals surface area contributed by atoms with Crippen molar-refractivity contribution in [1.29, 1.82) is 0 Å². The van der Waals surface area contributed by atoms with Gasteiger partial charge in [-0.1, -0.05) is 6.08 Å². The van der Waals surface area contributed by atoms with Crippen LogP contribution in [-0.4, -0.2) is 36.6 Å². The Hall–Kier alpha value is 0.400. The molecule has 0 aliphatic rings. The van der Waals surface area contributed by atoms with Crippen molar-refractivity contribution in [2.24, 2.45) is 0 Å². The van der Waals surface area contributed by atoms with Gasteiger partial charge in [-0.2, -0.15) is 23.5 Å². The Morgan fingerprint density at radius 2 is 2.17 bits per heavy atom. The largest absolute Gasteiger partial charge is 0.316 e. The summed E-state index contributed by atoms with van der Waals surface area (Å²) in [6.45, 7) is 5.97. The van der Waals surface area contributed by atoms with Crippen LogP contribution in [0.1, 0.15) is 6.42 Å². The van der Waals surface area contributed by atoms with Crippen molar-refractivity contribution in [2.75, 3.05) is 36.6 Å². The maximum Gasteiger partial charge on any atom is 0.0111 e. The zero-order valence-electron chi connectivity index (χ0n) is 7.84. The number of rotatable bonds is 9. The van der Waals surface area contributed by atoms with Crippen molar-refractivity contribution in [1.82, 2.24) is 5.32 Å². The van der Waals surface area contributed by atoms with E-state index in [1.54, 1.807) is 0 Å². The molecule has 0 saturated carbocycles. The van der Waals surface area contributed by atoms with Crippen LogP contribution in [-0.2, 0) is 0 Å². The average Bonchev–Trinajstić information content (AvgIpc) is 2.10. The van der Waals surface area contributed by atoms with Crippen LogP contribution < -0.4 is 5.32 Å². The summed E-state index contributed by atoms with van der Waals surface area (Å²) in [5.74, 6) is 3.55. The lowest BCUT2D eigenvalue weighted by Crippen LogP contribution is -2.18. The molecular weight excluding hydrogens is 186 g/mol. The summed E-state index contributed by atoms with van der Waals surface area (Å²) in [5, 5.41) is 3.41. The lowest BCUT2D eigenvalue weighted by molar-refractivity contribution is 0.712. The molecule has 0 aromatic heterocycles. The van der Waals surface area contributed by atoms with E-state index in [1.165, 1.54) is 17.9 Å². The molecule has 0 heterocycles. The minimum atomic E-state index is 1.08. The molecule has 72 valence electrons. The van der Waals surface area contributed by atoms with Gasteiger partial charge in [0, 0.05) is 18.1 Å². The predicted octanol–water partition coefficient (Wildman–Crippen LogP) is 2.25. The molecule has 0 radical (unpaired) electrons. The van der Waals surface area contributed by atoms with Crippen LogP contribution >= 0.6 is 23.5 Å². The fraction of sp³-hybridized carbons (Fsp3) is 0.778. The SMILES string of the molecule is C=CCSCCNCCCSC. The van der Waals surface area contributed by atoms with Gasteiger partial charge in [0.2, 0.25) is 0 Å². The molecule has 0 atom stereocenters. The lowest BCUT2D eigenvalue weighted by atomic mass is 10.5. The van der Waals surface area contributed by atoms with Gasteiger partial charge in [0.1, 0.15) is 0 Å². The van der Waals surface area contributed by atoms with Crippen LogP contribution in [0.3, 0.4) is 0 Å². The molecule has 0 aliphatic carbocycles. The summed E-state index contributed by atoms with van der Waals surface area (Å²) in [6.07, 6.45) is 5.39. The van der Waals surface area contributed by atoms with Crippen LogP contribution in [0, 0.1) is 0 Å². The zero-order chi connectivity index (χ0) is 9.07. The van der Waals surface area contributed by atoms with Crippen LogP contribution in [0.15, 0.2) is 12.7 Å². The summed E-state index contributed by atoms with van der Waals surface area (Å²) in [7, 11) is 0. The highest BCUT2D eigenvalue weighted by Crippen LogP contribution is 1.97. The number of nitrogens with one attached hydrogen (secondary N) is 1. The van der Waals surface area contributed by atoms with Crippen LogP contribution in [0.4, 0.5) is 0 Å². The van der Waals surface area contributed by atoms with E-state index in [9.17, 15) is 0 Å². The Morgan fingerprint density at radius 3 is 2.83 bits per heavy atom. The normalized spacial score (nSPS) is 10.1. The molecule has 0 aromatic carbocycles. The Balaban J connectivity index is 2.77. The molecule has 0 spiro atoms. The maximum absolute atomic E-state index is 3.67. The number of hydrogen-bond acceptors (Lipinski definition) is 3. The van der Waals surface area contributed by atoms with Gasteiger partial charge in [-0.3, -0.25) is 0 Å². The highest BCUT2D eigenvalue weighted by Gasteiger charge is 1.87. The lowest BCUT2D eigenvalue weighted by Gasteiger charge is -2.02. The summed E-state index contributed by atoms with van der Waals surface area (Å²) < 4.78 is 0. The fourth-order valence-corrected chi connectivity index (χ4v) is 1.83. The molecular formula is C9H19NS2. The third kappa shape index (κ3) is 10.4. The Labute approximate surface area is 84.8 Å². The van der Waals surface area contributed by atoms with Crippen LogP contribution in [0.2, 0.25) is 0 Å². The average molecular weight is 205 g/mol. The van der Waals surface area contributed by atoms with Crippen LogP contribution in [0.25, 0.3) is 0 Å². The monoisotopic (exact) mass is 205 g/mol. The smallest absolute Gasteiger partial charge is 0.0111 e. The van der Waals surface area contributed by atoms with Crippen molar-refractivity contribution < 1.29 is 0 Å². The molecule has 0 aromatic rings. The highest BCUT2D eigenvalue weighted by atomic mass is 32.2. The number of thioether (sulfide) groups is 2. The van der Waals surface area contributed by atoms with Crippen LogP contribution in [0.5, 0.6) is 0 Å². The third-order valence-corrected chi connectivity index (χ3v) is 3.02. The second-order valence-corrected chi connectivity index (χ2v) is 4.60. The van der Waals surface area contributed by atoms with Gasteiger partial charge in [-0.05, 0) is 25.0 Å². The standard InChI is InChI=1S/C9H19NS2/c1-3-7-12-9-6-10-5-4-8-11-2/h3,10H,1,4-9H2,2H3. The summed E-state index contributed by atoms with van der Waals surface area (Å²) in [4.78, 5) is 0. The summed E-state index contributed by atoms with van der Waals surface area (Å²) in [6, 6.07) is 0. The van der Waals surface area contributed by atoms with Gasteiger partial charge in [0.05, 0.1) is 0 Å². The maximum atomic E-state index is 3.67. The molecule has 0 amide bonds. The molecule has 0 saturated heterocycles. The van der Waals surface area contributed by atoms with Gasteiger partial charge in [-0.25, -0.2) is 0 Å². The first kappa shape index (κ1) is 12.4. The van der Waals surface area contributed by atoms with E-state index in [0.717, 1.165) is 18.8 Å². The topological polar surface area (TPSA) is 12.0 Å². The van der Waals surface area contributed by atoms with E-state index in [-0.39, 0.29) is 0 Å². The highest BCUT2D eigenvalue weighted by molar-refractivity contribution is 7.99. The van der Waals surface area contributed by atoms with Gasteiger partial charge in [0.25, 0.3) is 0 Å². The van der Waals surface area contributed by atoms with Gasteiger partial charge < -0.3 is 5.32 Å². The van der Waals surface area contributed by atoms with Crippen molar-refractivity contribution >= 4 is 23.5 Å². The second kappa shape index (κ2) is 11.4. The van der Waals surface area contributed by atoms with Crippen molar-refractivity contribution in [3.63, 3.8) is 0 Å². The van der Waals surface area contributed by atoms with Gasteiger partial charge in [0.15, 0.2) is 0 Å². The number of hydrogen-bond donors (Lipinski definition) is 1. The molecule has 12 heavy (non-hydrogen) atoms. The summed E-state index contributed by atoms with van der Waals surface area (Å²) in [5.41, 5.74) is 0. The van der Waals surface area contributed by atoms with Gasteiger partial charge in [-0.15, -0.1) is 6.58 Å². The van der Waals surface area contributed by atoms with E-state index in [0.29, 0.717) is 0 Å². The molecule has 1 nitrogen and oxygen atoms in total. The Morgan fingerprint density at radius 1 is 1.33 bits per heavy atom. The van der Waals surface area contributed by atoms with E-state index in [4.69, 9.17) is 0 Å². The first-order valence-corrected chi connectivity index (χ1v) is 6.85. The molecule has 0 bridgehead atoms. The minimum absolute atomic E-state index is 1.08. The molecule has 3 heteroatoms. The first-order chi connectivity index (χ1) is 5.91. The Kier molecular flexibility index (Phi) is 11.8. The van der Waals surface area contributed by atoms with E-state index >= 15 is 0 Å². The molecule has 1 N–H and O–H groups in total.